The van der Waals surface area contributed by atoms with Crippen molar-refractivity contribution in [3.05, 3.63) is 23.9 Å². The van der Waals surface area contributed by atoms with E-state index in [1.54, 1.807) is 0 Å². The maximum atomic E-state index is 13.4. The third-order valence-corrected chi connectivity index (χ3v) is 5.64. The number of pyridine rings is 1. The number of aromatic nitrogens is 4. The Kier molecular flexibility index (Phi) is 5.69. The molecule has 0 radical (unpaired) electrons. The zero-order valence-electron chi connectivity index (χ0n) is 16.9. The summed E-state index contributed by atoms with van der Waals surface area (Å²) in [5, 5.41) is 6.22. The number of nitrogens with zero attached hydrogens (tertiary/aromatic N) is 4. The van der Waals surface area contributed by atoms with Crippen molar-refractivity contribution < 1.29 is 22.0 Å². The predicted molar refractivity (Wildman–Crippen MR) is 105 cm³/mol. The molecule has 0 bridgehead atoms. The number of alkyl halides is 5. The van der Waals surface area contributed by atoms with Crippen LogP contribution < -0.4 is 10.6 Å². The minimum absolute atomic E-state index is 0.0183. The Morgan fingerprint density at radius 3 is 2.29 bits per heavy atom. The average Bonchev–Trinajstić information content (AvgIpc) is 3.54. The lowest BCUT2D eigenvalue weighted by Gasteiger charge is -2.28. The van der Waals surface area contributed by atoms with Crippen LogP contribution in [-0.4, -0.2) is 37.9 Å². The van der Waals surface area contributed by atoms with Crippen molar-refractivity contribution >= 4 is 11.9 Å². The van der Waals surface area contributed by atoms with Gasteiger partial charge < -0.3 is 10.6 Å². The molecule has 0 saturated heterocycles. The van der Waals surface area contributed by atoms with E-state index in [1.165, 1.54) is 12.1 Å². The van der Waals surface area contributed by atoms with Gasteiger partial charge in [0.05, 0.1) is 0 Å². The van der Waals surface area contributed by atoms with Crippen molar-refractivity contribution in [2.24, 2.45) is 5.92 Å². The highest BCUT2D eigenvalue weighted by atomic mass is 19.4. The van der Waals surface area contributed by atoms with Crippen molar-refractivity contribution in [2.75, 3.05) is 10.6 Å². The van der Waals surface area contributed by atoms with Gasteiger partial charge in [-0.15, -0.1) is 0 Å². The molecule has 0 aromatic carbocycles. The van der Waals surface area contributed by atoms with Crippen LogP contribution >= 0.6 is 0 Å². The molecule has 0 spiro atoms. The SMILES string of the molecule is CC(Nc1nc(NC2CCC(F)(F)CC2)nc(-c2cccc(C(F)(F)F)n2)n1)C1CC1. The summed E-state index contributed by atoms with van der Waals surface area (Å²) < 4.78 is 66.1. The first-order valence-corrected chi connectivity index (χ1v) is 10.3. The van der Waals surface area contributed by atoms with Gasteiger partial charge in [-0.3, -0.25) is 0 Å². The lowest BCUT2D eigenvalue weighted by molar-refractivity contribution is -0.141. The standard InChI is InChI=1S/C20H23F5N6/c1-11(12-5-6-12)26-17-29-16(14-3-2-4-15(28-14)20(23,24)25)30-18(31-17)27-13-7-9-19(21,22)10-8-13/h2-4,11-13H,5-10H2,1H3,(H2,26,27,29,30,31). The molecule has 2 N–H and O–H groups in total. The maximum Gasteiger partial charge on any atom is 0.433 e. The van der Waals surface area contributed by atoms with Gasteiger partial charge in [-0.25, -0.2) is 13.8 Å². The van der Waals surface area contributed by atoms with E-state index >= 15 is 0 Å². The van der Waals surface area contributed by atoms with E-state index in [9.17, 15) is 22.0 Å². The summed E-state index contributed by atoms with van der Waals surface area (Å²) in [6.45, 7) is 1.99. The number of hydrogen-bond acceptors (Lipinski definition) is 6. The molecule has 2 fully saturated rings. The van der Waals surface area contributed by atoms with Crippen LogP contribution in [0.25, 0.3) is 11.5 Å². The van der Waals surface area contributed by atoms with Crippen LogP contribution in [0.15, 0.2) is 18.2 Å². The van der Waals surface area contributed by atoms with Crippen molar-refractivity contribution in [1.29, 1.82) is 0 Å². The van der Waals surface area contributed by atoms with E-state index in [2.05, 4.69) is 30.6 Å². The quantitative estimate of drug-likeness (QED) is 0.603. The van der Waals surface area contributed by atoms with Crippen molar-refractivity contribution in [2.45, 2.75) is 69.6 Å². The Labute approximate surface area is 176 Å². The lowest BCUT2D eigenvalue weighted by Crippen LogP contribution is -2.32. The Hall–Kier alpha value is -2.59. The van der Waals surface area contributed by atoms with Crippen LogP contribution in [0.1, 0.15) is 51.1 Å². The molecule has 1 unspecified atom stereocenters. The minimum atomic E-state index is -4.60. The molecule has 2 saturated carbocycles. The molecule has 2 aromatic rings. The molecule has 4 rings (SSSR count). The fourth-order valence-corrected chi connectivity index (χ4v) is 3.62. The summed E-state index contributed by atoms with van der Waals surface area (Å²) >= 11 is 0. The molecule has 6 nitrogen and oxygen atoms in total. The first-order chi connectivity index (χ1) is 14.6. The first-order valence-electron chi connectivity index (χ1n) is 10.3. The summed E-state index contributed by atoms with van der Waals surface area (Å²) in [5.41, 5.74) is -1.09. The van der Waals surface area contributed by atoms with Gasteiger partial charge in [0.15, 0.2) is 5.82 Å². The molecule has 1 atom stereocenters. The number of hydrogen-bond donors (Lipinski definition) is 2. The fourth-order valence-electron chi connectivity index (χ4n) is 3.62. The van der Waals surface area contributed by atoms with Gasteiger partial charge in [0, 0.05) is 24.9 Å². The van der Waals surface area contributed by atoms with Gasteiger partial charge in [0.1, 0.15) is 11.4 Å². The highest BCUT2D eigenvalue weighted by Gasteiger charge is 2.36. The van der Waals surface area contributed by atoms with Crippen LogP contribution in [-0.2, 0) is 6.18 Å². The number of halogens is 5. The zero-order chi connectivity index (χ0) is 22.2. The van der Waals surface area contributed by atoms with Gasteiger partial charge >= 0.3 is 6.18 Å². The molecule has 31 heavy (non-hydrogen) atoms. The Bertz CT molecular complexity index is 921. The monoisotopic (exact) mass is 442 g/mol. The highest BCUT2D eigenvalue weighted by Crippen LogP contribution is 2.35. The van der Waals surface area contributed by atoms with E-state index < -0.39 is 17.8 Å². The third kappa shape index (κ3) is 5.56. The number of rotatable bonds is 6. The molecular formula is C20H23F5N6. The summed E-state index contributed by atoms with van der Waals surface area (Å²) in [5.74, 6) is -1.85. The molecule has 2 aromatic heterocycles. The predicted octanol–water partition coefficient (Wildman–Crippen LogP) is 5.15. The Balaban J connectivity index is 1.62. The summed E-state index contributed by atoms with van der Waals surface area (Å²) in [6.07, 6.45) is -2.40. The normalized spacial score (nSPS) is 20.3. The van der Waals surface area contributed by atoms with Crippen LogP contribution in [0, 0.1) is 5.92 Å². The highest BCUT2D eigenvalue weighted by molar-refractivity contribution is 5.54. The number of nitrogens with one attached hydrogen (secondary N) is 2. The first kappa shape index (κ1) is 21.6. The zero-order valence-corrected chi connectivity index (χ0v) is 16.9. The van der Waals surface area contributed by atoms with Crippen molar-refractivity contribution in [1.82, 2.24) is 19.9 Å². The third-order valence-electron chi connectivity index (χ3n) is 5.64. The molecule has 0 amide bonds. The van der Waals surface area contributed by atoms with E-state index in [-0.39, 0.29) is 61.2 Å². The summed E-state index contributed by atoms with van der Waals surface area (Å²) in [4.78, 5) is 16.5. The van der Waals surface area contributed by atoms with E-state index in [0.717, 1.165) is 18.9 Å². The van der Waals surface area contributed by atoms with Crippen molar-refractivity contribution in [3.8, 4) is 11.5 Å². The molecule has 11 heteroatoms. The molecular weight excluding hydrogens is 419 g/mol. The van der Waals surface area contributed by atoms with Crippen LogP contribution in [0.2, 0.25) is 0 Å². The van der Waals surface area contributed by atoms with Gasteiger partial charge in [-0.05, 0) is 50.7 Å². The van der Waals surface area contributed by atoms with E-state index in [0.29, 0.717) is 5.92 Å². The fraction of sp³-hybridized carbons (Fsp3) is 0.600. The van der Waals surface area contributed by atoms with Gasteiger partial charge in [-0.1, -0.05) is 6.07 Å². The van der Waals surface area contributed by atoms with Gasteiger partial charge in [-0.2, -0.15) is 28.1 Å². The molecule has 2 aliphatic carbocycles. The molecule has 0 aliphatic heterocycles. The number of anilines is 2. The van der Waals surface area contributed by atoms with E-state index in [1.807, 2.05) is 6.92 Å². The second-order valence-corrected chi connectivity index (χ2v) is 8.26. The maximum absolute atomic E-state index is 13.4. The topological polar surface area (TPSA) is 75.6 Å². The molecule has 2 heterocycles. The Morgan fingerprint density at radius 2 is 1.65 bits per heavy atom. The van der Waals surface area contributed by atoms with E-state index in [4.69, 9.17) is 0 Å². The minimum Gasteiger partial charge on any atom is -0.351 e. The summed E-state index contributed by atoms with van der Waals surface area (Å²) in [6, 6.07) is 3.35. The van der Waals surface area contributed by atoms with Gasteiger partial charge in [0.2, 0.25) is 17.8 Å². The van der Waals surface area contributed by atoms with Gasteiger partial charge in [0.25, 0.3) is 0 Å². The average molecular weight is 442 g/mol. The lowest BCUT2D eigenvalue weighted by atomic mass is 9.92. The summed E-state index contributed by atoms with van der Waals surface area (Å²) in [7, 11) is 0. The molecule has 2 aliphatic rings. The van der Waals surface area contributed by atoms with Crippen LogP contribution in [0.5, 0.6) is 0 Å². The van der Waals surface area contributed by atoms with Crippen LogP contribution in [0.4, 0.5) is 33.8 Å². The molecule has 168 valence electrons. The van der Waals surface area contributed by atoms with Crippen molar-refractivity contribution in [3.63, 3.8) is 0 Å². The second-order valence-electron chi connectivity index (χ2n) is 8.26. The Morgan fingerprint density at radius 1 is 0.968 bits per heavy atom. The van der Waals surface area contributed by atoms with Crippen LogP contribution in [0.3, 0.4) is 0 Å². The largest absolute Gasteiger partial charge is 0.433 e. The second kappa shape index (κ2) is 8.16. The smallest absolute Gasteiger partial charge is 0.351 e.